The van der Waals surface area contributed by atoms with Gasteiger partial charge in [0, 0.05) is 13.2 Å². The quantitative estimate of drug-likeness (QED) is 0.714. The van der Waals surface area contributed by atoms with E-state index in [2.05, 4.69) is 10.3 Å². The molecule has 1 aromatic rings. The number of rotatable bonds is 5. The number of nitrogens with zero attached hydrogens (tertiary/aromatic N) is 1. The van der Waals surface area contributed by atoms with Crippen molar-refractivity contribution in [2.45, 2.75) is 20.1 Å². The molecule has 0 spiro atoms. The van der Waals surface area contributed by atoms with E-state index in [0.717, 1.165) is 18.0 Å². The molecule has 68 valence electrons. The van der Waals surface area contributed by atoms with Crippen molar-refractivity contribution >= 4 is 0 Å². The number of hydrogen-bond acceptors (Lipinski definition) is 4. The highest BCUT2D eigenvalue weighted by Gasteiger charge is 2.05. The van der Waals surface area contributed by atoms with Crippen LogP contribution >= 0.6 is 0 Å². The zero-order chi connectivity index (χ0) is 8.81. The van der Waals surface area contributed by atoms with Gasteiger partial charge >= 0.3 is 0 Å². The van der Waals surface area contributed by atoms with E-state index in [-0.39, 0.29) is 0 Å². The first-order valence-corrected chi connectivity index (χ1v) is 4.02. The summed E-state index contributed by atoms with van der Waals surface area (Å²) in [5, 5.41) is 3.01. The number of oxazole rings is 1. The third-order valence-corrected chi connectivity index (χ3v) is 1.51. The highest BCUT2D eigenvalue weighted by molar-refractivity contribution is 5.05. The third kappa shape index (κ3) is 2.32. The van der Waals surface area contributed by atoms with Crippen LogP contribution in [0.4, 0.5) is 0 Å². The molecule has 0 aliphatic heterocycles. The van der Waals surface area contributed by atoms with Crippen molar-refractivity contribution in [2.75, 3.05) is 13.7 Å². The predicted molar refractivity (Wildman–Crippen MR) is 44.6 cm³/mol. The van der Waals surface area contributed by atoms with E-state index < -0.39 is 0 Å². The molecule has 0 saturated carbocycles. The van der Waals surface area contributed by atoms with Crippen molar-refractivity contribution in [3.8, 4) is 0 Å². The Morgan fingerprint density at radius 2 is 2.50 bits per heavy atom. The summed E-state index contributed by atoms with van der Waals surface area (Å²) in [5.74, 6) is 0.811. The van der Waals surface area contributed by atoms with Gasteiger partial charge in [0.1, 0.15) is 6.61 Å². The maximum Gasteiger partial charge on any atom is 0.181 e. The zero-order valence-corrected chi connectivity index (χ0v) is 7.46. The summed E-state index contributed by atoms with van der Waals surface area (Å²) in [6.07, 6.45) is 1.45. The molecule has 0 radical (unpaired) electrons. The highest BCUT2D eigenvalue weighted by atomic mass is 16.5. The lowest BCUT2D eigenvalue weighted by Gasteiger charge is -1.99. The van der Waals surface area contributed by atoms with Gasteiger partial charge < -0.3 is 14.5 Å². The van der Waals surface area contributed by atoms with E-state index in [1.165, 1.54) is 6.39 Å². The summed E-state index contributed by atoms with van der Waals surface area (Å²) in [6.45, 7) is 3.88. The monoisotopic (exact) mass is 170 g/mol. The maximum atomic E-state index is 5.20. The largest absolute Gasteiger partial charge is 0.446 e. The molecule has 0 bridgehead atoms. The summed E-state index contributed by atoms with van der Waals surface area (Å²) in [5.41, 5.74) is 0.922. The average molecular weight is 170 g/mol. The normalized spacial score (nSPS) is 10.5. The average Bonchev–Trinajstić information content (AvgIpc) is 2.50. The first-order chi connectivity index (χ1) is 5.88. The molecule has 1 N–H and O–H groups in total. The van der Waals surface area contributed by atoms with Crippen molar-refractivity contribution < 1.29 is 9.15 Å². The molecule has 0 saturated heterocycles. The van der Waals surface area contributed by atoms with Crippen LogP contribution in [-0.2, 0) is 17.9 Å². The molecular formula is C8H14N2O2. The first-order valence-electron chi connectivity index (χ1n) is 4.02. The Morgan fingerprint density at radius 3 is 3.17 bits per heavy atom. The van der Waals surface area contributed by atoms with Gasteiger partial charge in [-0.25, -0.2) is 4.98 Å². The van der Waals surface area contributed by atoms with Crippen LogP contribution in [0.25, 0.3) is 0 Å². The smallest absolute Gasteiger partial charge is 0.181 e. The molecule has 0 aromatic carbocycles. The molecule has 0 aliphatic rings. The molecule has 4 heteroatoms. The van der Waals surface area contributed by atoms with Crippen LogP contribution < -0.4 is 5.32 Å². The fraction of sp³-hybridized carbons (Fsp3) is 0.625. The highest BCUT2D eigenvalue weighted by Crippen LogP contribution is 2.07. The van der Waals surface area contributed by atoms with Crippen molar-refractivity contribution in [1.29, 1.82) is 0 Å². The first kappa shape index (κ1) is 9.22. The van der Waals surface area contributed by atoms with Crippen LogP contribution in [0.15, 0.2) is 10.8 Å². The third-order valence-electron chi connectivity index (χ3n) is 1.51. The Balaban J connectivity index is 2.51. The van der Waals surface area contributed by atoms with Gasteiger partial charge in [0.2, 0.25) is 0 Å². The summed E-state index contributed by atoms with van der Waals surface area (Å²) >= 11 is 0. The molecule has 1 rings (SSSR count). The van der Waals surface area contributed by atoms with Gasteiger partial charge in [-0.05, 0) is 14.0 Å². The Bertz CT molecular complexity index is 223. The number of nitrogens with one attached hydrogen (secondary N) is 1. The molecular weight excluding hydrogens is 156 g/mol. The minimum atomic E-state index is 0.507. The van der Waals surface area contributed by atoms with E-state index in [4.69, 9.17) is 9.15 Å². The molecule has 4 nitrogen and oxygen atoms in total. The number of ether oxygens (including phenoxy) is 1. The predicted octanol–water partition coefficient (Wildman–Crippen LogP) is 0.930. The van der Waals surface area contributed by atoms with Gasteiger partial charge in [0.25, 0.3) is 0 Å². The molecule has 0 unspecified atom stereocenters. The van der Waals surface area contributed by atoms with E-state index in [9.17, 15) is 0 Å². The number of hydrogen-bond donors (Lipinski definition) is 1. The Hall–Kier alpha value is -0.870. The van der Waals surface area contributed by atoms with Crippen LogP contribution in [-0.4, -0.2) is 18.6 Å². The van der Waals surface area contributed by atoms with Gasteiger partial charge in [-0.2, -0.15) is 0 Å². The lowest BCUT2D eigenvalue weighted by atomic mass is 10.3. The molecule has 0 aliphatic carbocycles. The standard InChI is InChI=1S/C8H14N2O2/c1-3-11-5-8-7(4-9-2)10-6-12-8/h6,9H,3-5H2,1-2H3. The number of aromatic nitrogens is 1. The summed E-state index contributed by atoms with van der Waals surface area (Å²) in [7, 11) is 1.87. The van der Waals surface area contributed by atoms with Crippen LogP contribution in [0.5, 0.6) is 0 Å². The fourth-order valence-electron chi connectivity index (χ4n) is 0.917. The van der Waals surface area contributed by atoms with E-state index in [0.29, 0.717) is 13.2 Å². The molecule has 0 atom stereocenters. The van der Waals surface area contributed by atoms with Crippen LogP contribution in [0.1, 0.15) is 18.4 Å². The molecule has 1 heterocycles. The SMILES string of the molecule is CCOCc1ocnc1CNC. The van der Waals surface area contributed by atoms with Crippen LogP contribution in [0, 0.1) is 0 Å². The molecule has 0 fully saturated rings. The van der Waals surface area contributed by atoms with E-state index in [1.807, 2.05) is 14.0 Å². The van der Waals surface area contributed by atoms with Crippen molar-refractivity contribution in [1.82, 2.24) is 10.3 Å². The van der Waals surface area contributed by atoms with Gasteiger partial charge in [-0.15, -0.1) is 0 Å². The molecule has 0 amide bonds. The summed E-state index contributed by atoms with van der Waals surface area (Å²) in [6, 6.07) is 0. The van der Waals surface area contributed by atoms with Crippen LogP contribution in [0.2, 0.25) is 0 Å². The minimum absolute atomic E-state index is 0.507. The van der Waals surface area contributed by atoms with Gasteiger partial charge in [-0.1, -0.05) is 0 Å². The van der Waals surface area contributed by atoms with Crippen molar-refractivity contribution in [2.24, 2.45) is 0 Å². The van der Waals surface area contributed by atoms with E-state index in [1.54, 1.807) is 0 Å². The second-order valence-corrected chi connectivity index (χ2v) is 2.39. The van der Waals surface area contributed by atoms with Crippen molar-refractivity contribution in [3.63, 3.8) is 0 Å². The van der Waals surface area contributed by atoms with Gasteiger partial charge in [0.05, 0.1) is 5.69 Å². The molecule has 12 heavy (non-hydrogen) atoms. The Kier molecular flexibility index (Phi) is 3.76. The fourth-order valence-corrected chi connectivity index (χ4v) is 0.917. The van der Waals surface area contributed by atoms with Crippen LogP contribution in [0.3, 0.4) is 0 Å². The second kappa shape index (κ2) is 4.90. The summed E-state index contributed by atoms with van der Waals surface area (Å²) in [4.78, 5) is 4.05. The van der Waals surface area contributed by atoms with Gasteiger partial charge in [-0.3, -0.25) is 0 Å². The lowest BCUT2D eigenvalue weighted by Crippen LogP contribution is -2.07. The second-order valence-electron chi connectivity index (χ2n) is 2.39. The summed E-state index contributed by atoms with van der Waals surface area (Å²) < 4.78 is 10.3. The lowest BCUT2D eigenvalue weighted by molar-refractivity contribution is 0.117. The van der Waals surface area contributed by atoms with E-state index >= 15 is 0 Å². The Morgan fingerprint density at radius 1 is 1.67 bits per heavy atom. The minimum Gasteiger partial charge on any atom is -0.446 e. The zero-order valence-electron chi connectivity index (χ0n) is 7.46. The Labute approximate surface area is 71.9 Å². The van der Waals surface area contributed by atoms with Crippen molar-refractivity contribution in [3.05, 3.63) is 17.8 Å². The topological polar surface area (TPSA) is 47.3 Å². The maximum absolute atomic E-state index is 5.20. The van der Waals surface area contributed by atoms with Gasteiger partial charge in [0.15, 0.2) is 12.2 Å². The molecule has 1 aromatic heterocycles.